The molecule has 5 heteroatoms. The first-order chi connectivity index (χ1) is 11.6. The number of amides is 1. The second-order valence-electron chi connectivity index (χ2n) is 6.33. The number of piperidine rings is 1. The summed E-state index contributed by atoms with van der Waals surface area (Å²) in [6, 6.07) is 10.9. The smallest absolute Gasteiger partial charge is 0.254 e. The van der Waals surface area contributed by atoms with E-state index in [4.69, 9.17) is 5.73 Å². The third kappa shape index (κ3) is 3.85. The second-order valence-corrected chi connectivity index (χ2v) is 6.33. The highest BCUT2D eigenvalue weighted by atomic mass is 16.3. The standard InChI is InChI=1S/C19H23N3O2/c20-18-13-15(9-10-21-18)19(24)22-11-2-1-5-16(22)8-7-14-4-3-6-17(23)12-14/h3-4,6,9-10,12-13,16,23H,1-2,5,7-8,11H2,(H2,20,21)/t16-/m0/s1. The Balaban J connectivity index is 1.70. The van der Waals surface area contributed by atoms with Gasteiger partial charge < -0.3 is 15.7 Å². The van der Waals surface area contributed by atoms with Gasteiger partial charge in [0.25, 0.3) is 5.91 Å². The van der Waals surface area contributed by atoms with E-state index < -0.39 is 0 Å². The molecule has 24 heavy (non-hydrogen) atoms. The van der Waals surface area contributed by atoms with Crippen molar-refractivity contribution in [2.45, 2.75) is 38.1 Å². The van der Waals surface area contributed by atoms with Gasteiger partial charge in [0.1, 0.15) is 11.6 Å². The summed E-state index contributed by atoms with van der Waals surface area (Å²) in [5.41, 5.74) is 7.41. The predicted molar refractivity (Wildman–Crippen MR) is 93.8 cm³/mol. The van der Waals surface area contributed by atoms with Gasteiger partial charge in [-0.1, -0.05) is 12.1 Å². The van der Waals surface area contributed by atoms with Gasteiger partial charge in [-0.25, -0.2) is 4.98 Å². The maximum Gasteiger partial charge on any atom is 0.254 e. The fraction of sp³-hybridized carbons (Fsp3) is 0.368. The minimum Gasteiger partial charge on any atom is -0.508 e. The average Bonchev–Trinajstić information content (AvgIpc) is 2.60. The van der Waals surface area contributed by atoms with Crippen molar-refractivity contribution in [1.82, 2.24) is 9.88 Å². The quantitative estimate of drug-likeness (QED) is 0.905. The molecule has 1 aliphatic heterocycles. The van der Waals surface area contributed by atoms with Gasteiger partial charge >= 0.3 is 0 Å². The molecule has 3 N–H and O–H groups in total. The molecule has 126 valence electrons. The Morgan fingerprint density at radius 3 is 2.96 bits per heavy atom. The van der Waals surface area contributed by atoms with Crippen LogP contribution in [0.15, 0.2) is 42.6 Å². The van der Waals surface area contributed by atoms with Crippen LogP contribution in [0.4, 0.5) is 5.82 Å². The van der Waals surface area contributed by atoms with Gasteiger partial charge in [0.15, 0.2) is 0 Å². The summed E-state index contributed by atoms with van der Waals surface area (Å²) < 4.78 is 0. The summed E-state index contributed by atoms with van der Waals surface area (Å²) in [6.07, 6.45) is 6.53. The summed E-state index contributed by atoms with van der Waals surface area (Å²) in [6.45, 7) is 0.783. The number of phenols is 1. The molecule has 0 spiro atoms. The van der Waals surface area contributed by atoms with Crippen molar-refractivity contribution >= 4 is 11.7 Å². The number of pyridine rings is 1. The summed E-state index contributed by atoms with van der Waals surface area (Å²) >= 11 is 0. The number of aryl methyl sites for hydroxylation is 1. The van der Waals surface area contributed by atoms with E-state index in [0.29, 0.717) is 11.4 Å². The van der Waals surface area contributed by atoms with E-state index in [0.717, 1.165) is 44.2 Å². The first-order valence-electron chi connectivity index (χ1n) is 8.44. The van der Waals surface area contributed by atoms with E-state index in [9.17, 15) is 9.90 Å². The molecule has 3 rings (SSSR count). The zero-order chi connectivity index (χ0) is 16.9. The molecular weight excluding hydrogens is 302 g/mol. The van der Waals surface area contributed by atoms with Crippen LogP contribution in [0.3, 0.4) is 0 Å². The van der Waals surface area contributed by atoms with Crippen molar-refractivity contribution in [3.05, 3.63) is 53.7 Å². The Labute approximate surface area is 142 Å². The average molecular weight is 325 g/mol. The van der Waals surface area contributed by atoms with Crippen LogP contribution in [0.25, 0.3) is 0 Å². The summed E-state index contributed by atoms with van der Waals surface area (Å²) in [5, 5.41) is 9.58. The number of nitrogens with zero attached hydrogens (tertiary/aromatic N) is 2. The molecule has 1 aromatic heterocycles. The number of benzene rings is 1. The zero-order valence-corrected chi connectivity index (χ0v) is 13.7. The molecule has 1 atom stereocenters. The first kappa shape index (κ1) is 16.3. The van der Waals surface area contributed by atoms with E-state index >= 15 is 0 Å². The van der Waals surface area contributed by atoms with E-state index in [2.05, 4.69) is 4.98 Å². The first-order valence-corrected chi connectivity index (χ1v) is 8.44. The summed E-state index contributed by atoms with van der Waals surface area (Å²) in [5.74, 6) is 0.690. The molecule has 0 bridgehead atoms. The number of aromatic nitrogens is 1. The third-order valence-electron chi connectivity index (χ3n) is 4.59. The number of carbonyl (C=O) groups excluding carboxylic acids is 1. The largest absolute Gasteiger partial charge is 0.508 e. The Kier molecular flexibility index (Phi) is 4.99. The molecule has 1 fully saturated rings. The maximum absolute atomic E-state index is 12.8. The SMILES string of the molecule is Nc1cc(C(=O)N2CCCC[C@H]2CCc2cccc(O)c2)ccn1. The van der Waals surface area contributed by atoms with E-state index in [1.54, 1.807) is 30.5 Å². The van der Waals surface area contributed by atoms with Crippen molar-refractivity contribution in [2.75, 3.05) is 12.3 Å². The van der Waals surface area contributed by atoms with Crippen LogP contribution in [0.2, 0.25) is 0 Å². The van der Waals surface area contributed by atoms with Crippen LogP contribution in [0, 0.1) is 0 Å². The van der Waals surface area contributed by atoms with Crippen molar-refractivity contribution in [2.24, 2.45) is 0 Å². The van der Waals surface area contributed by atoms with Gasteiger partial charge in [0.2, 0.25) is 0 Å². The lowest BCUT2D eigenvalue weighted by molar-refractivity contribution is 0.0602. The Morgan fingerprint density at radius 2 is 2.17 bits per heavy atom. The molecule has 1 aliphatic rings. The number of hydrogen-bond donors (Lipinski definition) is 2. The lowest BCUT2D eigenvalue weighted by atomic mass is 9.95. The molecule has 1 amide bonds. The zero-order valence-electron chi connectivity index (χ0n) is 13.7. The molecule has 0 saturated carbocycles. The number of hydrogen-bond acceptors (Lipinski definition) is 4. The van der Waals surface area contributed by atoms with Gasteiger partial charge in [-0.3, -0.25) is 4.79 Å². The lowest BCUT2D eigenvalue weighted by Crippen LogP contribution is -2.44. The monoisotopic (exact) mass is 325 g/mol. The fourth-order valence-electron chi connectivity index (χ4n) is 3.36. The number of nitrogen functional groups attached to an aromatic ring is 1. The molecule has 2 aromatic rings. The number of phenolic OH excluding ortho intramolecular Hbond substituents is 1. The van der Waals surface area contributed by atoms with Gasteiger partial charge in [0, 0.05) is 24.3 Å². The number of nitrogens with two attached hydrogens (primary N) is 1. The Hall–Kier alpha value is -2.56. The van der Waals surface area contributed by atoms with Gasteiger partial charge in [-0.05, 0) is 61.9 Å². The molecule has 5 nitrogen and oxygen atoms in total. The Morgan fingerprint density at radius 1 is 1.29 bits per heavy atom. The van der Waals surface area contributed by atoms with Crippen LogP contribution >= 0.6 is 0 Å². The van der Waals surface area contributed by atoms with Crippen molar-refractivity contribution in [3.8, 4) is 5.75 Å². The lowest BCUT2D eigenvalue weighted by Gasteiger charge is -2.36. The maximum atomic E-state index is 12.8. The molecular formula is C19H23N3O2. The molecule has 0 unspecified atom stereocenters. The highest BCUT2D eigenvalue weighted by Crippen LogP contribution is 2.24. The van der Waals surface area contributed by atoms with E-state index in [-0.39, 0.29) is 17.7 Å². The molecule has 1 saturated heterocycles. The fourth-order valence-corrected chi connectivity index (χ4v) is 3.36. The topological polar surface area (TPSA) is 79.5 Å². The number of anilines is 1. The minimum absolute atomic E-state index is 0.0321. The molecule has 0 aliphatic carbocycles. The normalized spacial score (nSPS) is 17.7. The van der Waals surface area contributed by atoms with Crippen molar-refractivity contribution < 1.29 is 9.90 Å². The highest BCUT2D eigenvalue weighted by molar-refractivity contribution is 5.95. The van der Waals surface area contributed by atoms with Gasteiger partial charge in [-0.2, -0.15) is 0 Å². The molecule has 1 aromatic carbocycles. The van der Waals surface area contributed by atoms with E-state index in [1.807, 2.05) is 17.0 Å². The number of aromatic hydroxyl groups is 1. The highest BCUT2D eigenvalue weighted by Gasteiger charge is 2.27. The van der Waals surface area contributed by atoms with Crippen LogP contribution in [0.1, 0.15) is 41.6 Å². The second kappa shape index (κ2) is 7.34. The Bertz CT molecular complexity index is 717. The third-order valence-corrected chi connectivity index (χ3v) is 4.59. The molecule has 2 heterocycles. The van der Waals surface area contributed by atoms with Gasteiger partial charge in [0.05, 0.1) is 0 Å². The van der Waals surface area contributed by atoms with Gasteiger partial charge in [-0.15, -0.1) is 0 Å². The van der Waals surface area contributed by atoms with Crippen LogP contribution in [0.5, 0.6) is 5.75 Å². The minimum atomic E-state index is 0.0321. The van der Waals surface area contributed by atoms with Crippen molar-refractivity contribution in [1.29, 1.82) is 0 Å². The predicted octanol–water partition coefficient (Wildman–Crippen LogP) is 3.00. The summed E-state index contributed by atoms with van der Waals surface area (Å²) in [4.78, 5) is 18.8. The van der Waals surface area contributed by atoms with Crippen LogP contribution in [-0.4, -0.2) is 33.5 Å². The van der Waals surface area contributed by atoms with Crippen molar-refractivity contribution in [3.63, 3.8) is 0 Å². The number of rotatable bonds is 4. The summed E-state index contributed by atoms with van der Waals surface area (Å²) in [7, 11) is 0. The number of carbonyl (C=O) groups is 1. The van der Waals surface area contributed by atoms with Crippen LogP contribution < -0.4 is 5.73 Å². The van der Waals surface area contributed by atoms with Crippen LogP contribution in [-0.2, 0) is 6.42 Å². The molecule has 0 radical (unpaired) electrons. The number of likely N-dealkylation sites (tertiary alicyclic amines) is 1. The van der Waals surface area contributed by atoms with E-state index in [1.165, 1.54) is 0 Å².